The van der Waals surface area contributed by atoms with Crippen molar-refractivity contribution in [1.29, 1.82) is 0 Å². The minimum absolute atomic E-state index is 0.114. The van der Waals surface area contributed by atoms with E-state index < -0.39 is 0 Å². The fourth-order valence-electron chi connectivity index (χ4n) is 2.52. The second-order valence-corrected chi connectivity index (χ2v) is 6.83. The monoisotopic (exact) mass is 368 g/mol. The number of thiophene rings is 1. The molecule has 2 heterocycles. The molecule has 2 aromatic heterocycles. The summed E-state index contributed by atoms with van der Waals surface area (Å²) in [6, 6.07) is 14.8. The van der Waals surface area contributed by atoms with E-state index in [2.05, 4.69) is 5.32 Å². The number of aromatic nitrogens is 1. The van der Waals surface area contributed by atoms with Gasteiger partial charge in [-0.15, -0.1) is 11.3 Å². The number of hydrogen-bond donors (Lipinski definition) is 1. The molecule has 0 aliphatic heterocycles. The van der Waals surface area contributed by atoms with Gasteiger partial charge in [-0.1, -0.05) is 30.3 Å². The third kappa shape index (κ3) is 4.03. The Balaban J connectivity index is 1.79. The molecular formula is C20H20N2O3S. The zero-order chi connectivity index (χ0) is 18.5. The van der Waals surface area contributed by atoms with Gasteiger partial charge in [0.25, 0.3) is 11.5 Å². The summed E-state index contributed by atoms with van der Waals surface area (Å²) in [5, 5.41) is 3.50. The van der Waals surface area contributed by atoms with Crippen LogP contribution in [0.2, 0.25) is 0 Å². The highest BCUT2D eigenvalue weighted by atomic mass is 32.1. The van der Waals surface area contributed by atoms with Gasteiger partial charge in [0.1, 0.15) is 17.4 Å². The first kappa shape index (κ1) is 17.9. The van der Waals surface area contributed by atoms with Crippen molar-refractivity contribution in [2.75, 3.05) is 6.54 Å². The number of aryl methyl sites for hydroxylation is 1. The van der Waals surface area contributed by atoms with E-state index in [1.807, 2.05) is 50.2 Å². The molecule has 3 rings (SSSR count). The van der Waals surface area contributed by atoms with Crippen LogP contribution in [-0.2, 0) is 6.61 Å². The van der Waals surface area contributed by atoms with E-state index in [0.717, 1.165) is 11.1 Å². The third-order valence-corrected chi connectivity index (χ3v) is 5.06. The third-order valence-electron chi connectivity index (χ3n) is 3.83. The summed E-state index contributed by atoms with van der Waals surface area (Å²) >= 11 is 1.30. The zero-order valence-corrected chi connectivity index (χ0v) is 15.5. The molecule has 0 aliphatic carbocycles. The number of pyridine rings is 1. The molecule has 1 aromatic carbocycles. The molecule has 0 atom stereocenters. The number of carbonyl (C=O) groups excluding carboxylic acids is 1. The Morgan fingerprint density at radius 2 is 1.96 bits per heavy atom. The van der Waals surface area contributed by atoms with E-state index in [-0.39, 0.29) is 11.5 Å². The molecule has 5 nitrogen and oxygen atoms in total. The lowest BCUT2D eigenvalue weighted by molar-refractivity contribution is 0.0959. The van der Waals surface area contributed by atoms with Crippen LogP contribution in [0.5, 0.6) is 5.75 Å². The fourth-order valence-corrected chi connectivity index (χ4v) is 3.60. The number of hydrogen-bond acceptors (Lipinski definition) is 4. The van der Waals surface area contributed by atoms with Gasteiger partial charge in [0, 0.05) is 18.8 Å². The summed E-state index contributed by atoms with van der Waals surface area (Å²) in [7, 11) is 0. The summed E-state index contributed by atoms with van der Waals surface area (Å²) in [6.45, 7) is 4.72. The van der Waals surface area contributed by atoms with Gasteiger partial charge in [-0.25, -0.2) is 0 Å². The number of nitrogens with zero attached hydrogens (tertiary/aromatic N) is 1. The molecule has 0 radical (unpaired) electrons. The van der Waals surface area contributed by atoms with Crippen molar-refractivity contribution in [3.63, 3.8) is 0 Å². The topological polar surface area (TPSA) is 60.3 Å². The number of amides is 1. The van der Waals surface area contributed by atoms with Crippen molar-refractivity contribution in [1.82, 2.24) is 9.88 Å². The van der Waals surface area contributed by atoms with Gasteiger partial charge in [-0.05, 0) is 37.1 Å². The summed E-state index contributed by atoms with van der Waals surface area (Å²) in [6.07, 6.45) is 1.68. The minimum Gasteiger partial charge on any atom is -0.489 e. The van der Waals surface area contributed by atoms with E-state index in [1.165, 1.54) is 22.0 Å². The first-order valence-corrected chi connectivity index (χ1v) is 9.18. The van der Waals surface area contributed by atoms with Gasteiger partial charge in [-0.2, -0.15) is 0 Å². The SMILES string of the molecule is CCNC(=O)c1sc(-n2ccc(OCc3ccccc3)cc2=O)cc1C. The Morgan fingerprint density at radius 3 is 2.65 bits per heavy atom. The zero-order valence-electron chi connectivity index (χ0n) is 14.7. The largest absolute Gasteiger partial charge is 0.489 e. The van der Waals surface area contributed by atoms with Gasteiger partial charge in [-0.3, -0.25) is 14.2 Å². The first-order chi connectivity index (χ1) is 12.6. The highest BCUT2D eigenvalue weighted by molar-refractivity contribution is 7.16. The molecule has 0 fully saturated rings. The van der Waals surface area contributed by atoms with E-state index in [0.29, 0.717) is 28.8 Å². The maximum Gasteiger partial charge on any atom is 0.261 e. The molecule has 6 heteroatoms. The van der Waals surface area contributed by atoms with Crippen LogP contribution < -0.4 is 15.6 Å². The molecule has 0 saturated heterocycles. The molecule has 134 valence electrons. The van der Waals surface area contributed by atoms with Crippen LogP contribution in [0.15, 0.2) is 59.5 Å². The molecule has 0 spiro atoms. The highest BCUT2D eigenvalue weighted by Gasteiger charge is 2.14. The molecule has 0 saturated carbocycles. The van der Waals surface area contributed by atoms with Gasteiger partial charge >= 0.3 is 0 Å². The van der Waals surface area contributed by atoms with Crippen molar-refractivity contribution in [2.24, 2.45) is 0 Å². The summed E-state index contributed by atoms with van der Waals surface area (Å²) in [4.78, 5) is 25.1. The number of ether oxygens (including phenoxy) is 1. The van der Waals surface area contributed by atoms with E-state index in [9.17, 15) is 9.59 Å². The lowest BCUT2D eigenvalue weighted by atomic mass is 10.2. The van der Waals surface area contributed by atoms with Crippen LogP contribution in [0.25, 0.3) is 5.00 Å². The Hall–Kier alpha value is -2.86. The number of rotatable bonds is 6. The molecular weight excluding hydrogens is 348 g/mol. The number of carbonyl (C=O) groups is 1. The molecule has 0 unspecified atom stereocenters. The maximum atomic E-state index is 12.5. The van der Waals surface area contributed by atoms with Crippen molar-refractivity contribution >= 4 is 17.2 Å². The quantitative estimate of drug-likeness (QED) is 0.724. The fraction of sp³-hybridized carbons (Fsp3) is 0.200. The van der Waals surface area contributed by atoms with Crippen molar-refractivity contribution < 1.29 is 9.53 Å². The first-order valence-electron chi connectivity index (χ1n) is 8.37. The molecule has 0 bridgehead atoms. The van der Waals surface area contributed by atoms with Gasteiger partial charge < -0.3 is 10.1 Å². The van der Waals surface area contributed by atoms with Crippen LogP contribution >= 0.6 is 11.3 Å². The lowest BCUT2D eigenvalue weighted by Gasteiger charge is -2.07. The van der Waals surface area contributed by atoms with Crippen molar-refractivity contribution in [2.45, 2.75) is 20.5 Å². The standard InChI is InChI=1S/C20H20N2O3S/c1-3-21-20(24)19-14(2)11-18(26-19)22-10-9-16(12-17(22)23)25-13-15-7-5-4-6-8-15/h4-12H,3,13H2,1-2H3,(H,21,24). The Bertz CT molecular complexity index is 961. The second kappa shape index (κ2) is 8.01. The number of nitrogens with one attached hydrogen (secondary N) is 1. The molecule has 1 N–H and O–H groups in total. The smallest absolute Gasteiger partial charge is 0.261 e. The van der Waals surface area contributed by atoms with Crippen molar-refractivity contribution in [3.8, 4) is 10.8 Å². The predicted molar refractivity (Wildman–Crippen MR) is 103 cm³/mol. The van der Waals surface area contributed by atoms with Crippen molar-refractivity contribution in [3.05, 3.63) is 81.1 Å². The van der Waals surface area contributed by atoms with Crippen LogP contribution in [0.1, 0.15) is 27.7 Å². The normalized spacial score (nSPS) is 10.5. The minimum atomic E-state index is -0.195. The molecule has 0 aliphatic rings. The molecule has 26 heavy (non-hydrogen) atoms. The average molecular weight is 368 g/mol. The van der Waals surface area contributed by atoms with E-state index in [1.54, 1.807) is 12.3 Å². The Labute approximate surface area is 155 Å². The summed E-state index contributed by atoms with van der Waals surface area (Å²) in [5.74, 6) is 0.407. The number of benzene rings is 1. The molecule has 3 aromatic rings. The molecule has 1 amide bonds. The van der Waals surface area contributed by atoms with Crippen LogP contribution in [-0.4, -0.2) is 17.0 Å². The van der Waals surface area contributed by atoms with Crippen LogP contribution in [0.4, 0.5) is 0 Å². The van der Waals surface area contributed by atoms with E-state index in [4.69, 9.17) is 4.74 Å². The lowest BCUT2D eigenvalue weighted by Crippen LogP contribution is -2.22. The highest BCUT2D eigenvalue weighted by Crippen LogP contribution is 2.25. The Kier molecular flexibility index (Phi) is 5.53. The summed E-state index contributed by atoms with van der Waals surface area (Å²) in [5.41, 5.74) is 1.70. The second-order valence-electron chi connectivity index (χ2n) is 5.80. The van der Waals surface area contributed by atoms with Gasteiger partial charge in [0.2, 0.25) is 0 Å². The maximum absolute atomic E-state index is 12.5. The van der Waals surface area contributed by atoms with Gasteiger partial charge in [0.15, 0.2) is 0 Å². The summed E-state index contributed by atoms with van der Waals surface area (Å²) < 4.78 is 7.21. The average Bonchev–Trinajstić information content (AvgIpc) is 3.02. The van der Waals surface area contributed by atoms with E-state index >= 15 is 0 Å². The van der Waals surface area contributed by atoms with Crippen LogP contribution in [0, 0.1) is 6.92 Å². The predicted octanol–water partition coefficient (Wildman–Crippen LogP) is 3.54. The Morgan fingerprint density at radius 1 is 1.19 bits per heavy atom. The van der Waals surface area contributed by atoms with Crippen LogP contribution in [0.3, 0.4) is 0 Å². The van der Waals surface area contributed by atoms with Gasteiger partial charge in [0.05, 0.1) is 4.88 Å².